The Labute approximate surface area is 102 Å². The molecule has 16 heavy (non-hydrogen) atoms. The first-order valence-electron chi connectivity index (χ1n) is 5.91. The van der Waals surface area contributed by atoms with Crippen molar-refractivity contribution in [2.75, 3.05) is 11.5 Å². The third-order valence-corrected chi connectivity index (χ3v) is 4.43. The van der Waals surface area contributed by atoms with Gasteiger partial charge in [0.2, 0.25) is 0 Å². The number of benzene rings is 1. The summed E-state index contributed by atoms with van der Waals surface area (Å²) in [4.78, 5) is 11.3. The molecule has 1 aromatic rings. The Balaban J connectivity index is 2.14. The summed E-state index contributed by atoms with van der Waals surface area (Å²) in [6.45, 7) is 2.08. The second kappa shape index (κ2) is 5.53. The highest BCUT2D eigenvalue weighted by Gasteiger charge is 2.24. The summed E-state index contributed by atoms with van der Waals surface area (Å²) in [5, 5.41) is 0. The summed E-state index contributed by atoms with van der Waals surface area (Å²) < 4.78 is 0. The molecule has 0 bridgehead atoms. The van der Waals surface area contributed by atoms with E-state index in [1.807, 2.05) is 11.8 Å². The molecule has 1 aliphatic heterocycles. The Morgan fingerprint density at radius 2 is 1.88 bits per heavy atom. The molecule has 1 fully saturated rings. The first-order chi connectivity index (χ1) is 7.81. The van der Waals surface area contributed by atoms with E-state index in [2.05, 4.69) is 31.2 Å². The number of carbonyl (C=O) groups excluding carboxylic acids is 1. The average Bonchev–Trinajstić information content (AvgIpc) is 2.34. The Bertz CT molecular complexity index is 338. The zero-order valence-electron chi connectivity index (χ0n) is 9.69. The van der Waals surface area contributed by atoms with Crippen LogP contribution in [0.3, 0.4) is 0 Å². The molecule has 0 saturated carbocycles. The predicted octanol–water partition coefficient (Wildman–Crippen LogP) is 3.42. The lowest BCUT2D eigenvalue weighted by molar-refractivity contribution is -0.110. The maximum absolute atomic E-state index is 11.3. The van der Waals surface area contributed by atoms with Crippen LogP contribution >= 0.6 is 11.8 Å². The lowest BCUT2D eigenvalue weighted by Gasteiger charge is -2.26. The number of carbonyl (C=O) groups is 1. The van der Waals surface area contributed by atoms with Crippen LogP contribution in [0.15, 0.2) is 24.3 Å². The second-order valence-corrected chi connectivity index (χ2v) is 5.75. The van der Waals surface area contributed by atoms with Crippen molar-refractivity contribution in [3.05, 3.63) is 35.4 Å². The fraction of sp³-hybridized carbons (Fsp3) is 0.500. The second-order valence-electron chi connectivity index (χ2n) is 4.52. The average molecular weight is 234 g/mol. The van der Waals surface area contributed by atoms with Gasteiger partial charge < -0.3 is 4.79 Å². The van der Waals surface area contributed by atoms with E-state index >= 15 is 0 Å². The molecule has 2 rings (SSSR count). The molecule has 0 radical (unpaired) electrons. The molecule has 1 atom stereocenters. The highest BCUT2D eigenvalue weighted by molar-refractivity contribution is 7.99. The molecule has 1 unspecified atom stereocenters. The topological polar surface area (TPSA) is 17.1 Å². The minimum atomic E-state index is 0.112. The first-order valence-corrected chi connectivity index (χ1v) is 7.06. The van der Waals surface area contributed by atoms with E-state index in [4.69, 9.17) is 0 Å². The molecule has 86 valence electrons. The Kier molecular flexibility index (Phi) is 4.05. The van der Waals surface area contributed by atoms with Crippen molar-refractivity contribution in [1.29, 1.82) is 0 Å². The third-order valence-electron chi connectivity index (χ3n) is 3.38. The lowest BCUT2D eigenvalue weighted by Crippen LogP contribution is -2.19. The molecule has 0 amide bonds. The molecule has 1 nitrogen and oxygen atoms in total. The van der Waals surface area contributed by atoms with E-state index in [1.54, 1.807) is 0 Å². The van der Waals surface area contributed by atoms with Gasteiger partial charge >= 0.3 is 0 Å². The number of hydrogen-bond acceptors (Lipinski definition) is 2. The fourth-order valence-electron chi connectivity index (χ4n) is 2.33. The molecule has 0 aliphatic carbocycles. The van der Waals surface area contributed by atoms with Crippen LogP contribution < -0.4 is 0 Å². The maximum Gasteiger partial charge on any atom is 0.127 e. The van der Waals surface area contributed by atoms with Gasteiger partial charge in [-0.05, 0) is 42.8 Å². The Morgan fingerprint density at radius 3 is 2.44 bits per heavy atom. The van der Waals surface area contributed by atoms with E-state index in [1.165, 1.54) is 35.5 Å². The normalized spacial score (nSPS) is 19.3. The van der Waals surface area contributed by atoms with Gasteiger partial charge in [-0.25, -0.2) is 0 Å². The number of hydrogen-bond donors (Lipinski definition) is 0. The van der Waals surface area contributed by atoms with Gasteiger partial charge in [-0.3, -0.25) is 0 Å². The quantitative estimate of drug-likeness (QED) is 0.745. The molecule has 1 aromatic carbocycles. The summed E-state index contributed by atoms with van der Waals surface area (Å²) in [5.41, 5.74) is 2.45. The predicted molar refractivity (Wildman–Crippen MR) is 70.0 cm³/mol. The van der Waals surface area contributed by atoms with Crippen LogP contribution in [0.5, 0.6) is 0 Å². The Hall–Kier alpha value is -0.760. The maximum atomic E-state index is 11.3. The van der Waals surface area contributed by atoms with Gasteiger partial charge in [0.25, 0.3) is 0 Å². The van der Waals surface area contributed by atoms with E-state index < -0.39 is 0 Å². The van der Waals surface area contributed by atoms with Crippen molar-refractivity contribution < 1.29 is 4.79 Å². The zero-order chi connectivity index (χ0) is 11.4. The fourth-order valence-corrected chi connectivity index (χ4v) is 3.47. The smallest absolute Gasteiger partial charge is 0.127 e. The molecule has 0 aromatic heterocycles. The van der Waals surface area contributed by atoms with Crippen molar-refractivity contribution in [1.82, 2.24) is 0 Å². The minimum Gasteiger partial charge on any atom is -0.303 e. The van der Waals surface area contributed by atoms with E-state index in [-0.39, 0.29) is 5.92 Å². The molecule has 1 aliphatic rings. The summed E-state index contributed by atoms with van der Waals surface area (Å²) in [6, 6.07) is 8.42. The van der Waals surface area contributed by atoms with Gasteiger partial charge in [0, 0.05) is 5.92 Å². The number of aldehydes is 1. The molecular formula is C14H18OS. The number of rotatable bonds is 3. The van der Waals surface area contributed by atoms with E-state index in [0.717, 1.165) is 6.29 Å². The molecule has 0 N–H and O–H groups in total. The Morgan fingerprint density at radius 1 is 1.25 bits per heavy atom. The van der Waals surface area contributed by atoms with Crippen LogP contribution in [-0.4, -0.2) is 17.8 Å². The lowest BCUT2D eigenvalue weighted by atomic mass is 9.83. The van der Waals surface area contributed by atoms with Gasteiger partial charge in [0.1, 0.15) is 6.29 Å². The van der Waals surface area contributed by atoms with Crippen molar-refractivity contribution in [3.63, 3.8) is 0 Å². The number of thioether (sulfide) groups is 1. The van der Waals surface area contributed by atoms with Crippen LogP contribution in [-0.2, 0) is 4.79 Å². The van der Waals surface area contributed by atoms with Gasteiger partial charge in [0.15, 0.2) is 0 Å². The van der Waals surface area contributed by atoms with Crippen molar-refractivity contribution in [3.8, 4) is 0 Å². The van der Waals surface area contributed by atoms with Gasteiger partial charge in [-0.15, -0.1) is 0 Å². The number of aryl methyl sites for hydroxylation is 1. The van der Waals surface area contributed by atoms with Crippen LogP contribution in [0, 0.1) is 12.8 Å². The summed E-state index contributed by atoms with van der Waals surface area (Å²) in [7, 11) is 0. The van der Waals surface area contributed by atoms with Crippen molar-refractivity contribution >= 4 is 18.0 Å². The SMILES string of the molecule is Cc1ccc(C(C=O)C2CCSCC2)cc1. The summed E-state index contributed by atoms with van der Waals surface area (Å²) in [5.74, 6) is 3.09. The third kappa shape index (κ3) is 2.67. The molecule has 1 saturated heterocycles. The van der Waals surface area contributed by atoms with Crippen molar-refractivity contribution in [2.45, 2.75) is 25.7 Å². The van der Waals surface area contributed by atoms with E-state index in [0.29, 0.717) is 5.92 Å². The van der Waals surface area contributed by atoms with Crippen molar-refractivity contribution in [2.24, 2.45) is 5.92 Å². The summed E-state index contributed by atoms with van der Waals surface area (Å²) in [6.07, 6.45) is 3.51. The van der Waals surface area contributed by atoms with Crippen LogP contribution in [0.2, 0.25) is 0 Å². The largest absolute Gasteiger partial charge is 0.303 e. The molecular weight excluding hydrogens is 216 g/mol. The molecule has 1 heterocycles. The zero-order valence-corrected chi connectivity index (χ0v) is 10.5. The monoisotopic (exact) mass is 234 g/mol. The van der Waals surface area contributed by atoms with Crippen LogP contribution in [0.1, 0.15) is 29.9 Å². The highest BCUT2D eigenvalue weighted by Crippen LogP contribution is 2.33. The molecule has 0 spiro atoms. The van der Waals surface area contributed by atoms with Crippen LogP contribution in [0.4, 0.5) is 0 Å². The van der Waals surface area contributed by atoms with Gasteiger partial charge in [-0.2, -0.15) is 11.8 Å². The standard InChI is InChI=1S/C14H18OS/c1-11-2-4-12(5-3-11)14(10-15)13-6-8-16-9-7-13/h2-5,10,13-14H,6-9H2,1H3. The van der Waals surface area contributed by atoms with Crippen LogP contribution in [0.25, 0.3) is 0 Å². The minimum absolute atomic E-state index is 0.112. The van der Waals surface area contributed by atoms with Gasteiger partial charge in [-0.1, -0.05) is 29.8 Å². The summed E-state index contributed by atoms with van der Waals surface area (Å²) >= 11 is 2.01. The first kappa shape index (κ1) is 11.7. The van der Waals surface area contributed by atoms with E-state index in [9.17, 15) is 4.79 Å². The highest BCUT2D eigenvalue weighted by atomic mass is 32.2. The molecule has 2 heteroatoms. The van der Waals surface area contributed by atoms with Gasteiger partial charge in [0.05, 0.1) is 0 Å².